The van der Waals surface area contributed by atoms with E-state index in [0.717, 1.165) is 5.56 Å². The first-order valence-corrected chi connectivity index (χ1v) is 29.1. The van der Waals surface area contributed by atoms with Crippen LogP contribution in [0.1, 0.15) is 86.1 Å². The zero-order valence-corrected chi connectivity index (χ0v) is 50.2. The number of benzene rings is 1. The van der Waals surface area contributed by atoms with Gasteiger partial charge in [0.05, 0.1) is 69.5 Å². The first kappa shape index (κ1) is 72.5. The lowest BCUT2D eigenvalue weighted by atomic mass is 9.89. The largest absolute Gasteiger partial charge is 0.480 e. The highest BCUT2D eigenvalue weighted by molar-refractivity contribution is 7.57. The third-order valence-electron chi connectivity index (χ3n) is 13.9. The van der Waals surface area contributed by atoms with Crippen LogP contribution < -0.4 is 37.0 Å². The van der Waals surface area contributed by atoms with Crippen molar-refractivity contribution in [1.29, 1.82) is 0 Å². The minimum atomic E-state index is -4.11. The molecule has 9 atom stereocenters. The fourth-order valence-corrected chi connectivity index (χ4v) is 10.6. The summed E-state index contributed by atoms with van der Waals surface area (Å²) < 4.78 is 36.3. The van der Waals surface area contributed by atoms with Crippen LogP contribution in [0.25, 0.3) is 0 Å². The maximum Gasteiger partial charge on any atom is 0.328 e. The number of nitrogens with one attached hydrogen (secondary N) is 7. The predicted octanol–water partition coefficient (Wildman–Crippen LogP) is 0.987. The van der Waals surface area contributed by atoms with Crippen molar-refractivity contribution in [3.05, 3.63) is 60.2 Å². The molecule has 1 fully saturated rings. The number of hydrogen-bond acceptors (Lipinski definition) is 15. The molecule has 1 aromatic carbocycles. The molecule has 0 bridgehead atoms. The molecule has 1 heterocycles. The predicted molar refractivity (Wildman–Crippen MR) is 302 cm³/mol. The number of amides is 7. The van der Waals surface area contributed by atoms with Crippen molar-refractivity contribution < 1.29 is 86.8 Å². The fourth-order valence-electron chi connectivity index (χ4n) is 9.40. The van der Waals surface area contributed by atoms with Crippen molar-refractivity contribution >= 4 is 66.9 Å². The van der Waals surface area contributed by atoms with Gasteiger partial charge in [-0.3, -0.25) is 49.0 Å². The monoisotopic (exact) mass is 1190 g/mol. The normalized spacial score (nSPS) is 16.5. The standard InChI is InChI=1S/C54H87N10O18P/c1-12-35(6)49(40(79-10)32-44(68)64-26-16-19-39(64)50(80-11)36(7)51(73)56-38(54(76)77)31-37-17-14-13-15-18-37)63(9)53(75)47(33(2)3)57-52(74)48(34(4)5)62(8)43(67)24-27-81-29-30-82-28-25-55-83(78,60-58-41(65)20-22-45(69)70)61-59-42(66)21-23-46(71)72/h13-15,17-18,20-23,33-36,38-40,47-50H,12,16,19,24-32H2,1-11H3,(H,56,73)(H,57,74)(H,58,65)(H,59,66)(H,69,70)(H,71,72)(H,76,77)(H3,55,60,61,78)/b22-20-,23-21-/t35-,36+,38-,39-,40+,47-,48-,49-,50+/m0/s1. The third kappa shape index (κ3) is 24.6. The highest BCUT2D eigenvalue weighted by Gasteiger charge is 2.44. The molecule has 1 saturated heterocycles. The van der Waals surface area contributed by atoms with Crippen LogP contribution in [0, 0.1) is 23.7 Å². The van der Waals surface area contributed by atoms with Crippen molar-refractivity contribution in [3.63, 3.8) is 0 Å². The molecule has 1 aromatic rings. The number of hydrogen-bond donors (Lipinski definition) is 10. The Morgan fingerprint density at radius 3 is 1.83 bits per heavy atom. The SMILES string of the molecule is CC[C@H](C)[C@@H]([C@@H](CC(=O)N1CCC[C@H]1[C@H](OC)[C@@H](C)C(=O)N[C@@H](Cc1ccccc1)C(=O)O)OC)N(C)C(=O)[C@@H](NC(=O)[C@H](C(C)C)N(C)C(=O)CCOCCOCCNP(=O)(NNC(=O)/C=C\C(=O)O)NNC(=O)/C=C\C(=O)O)C(C)C. The summed E-state index contributed by atoms with van der Waals surface area (Å²) in [7, 11) is 1.90. The number of carbonyl (C=O) groups excluding carboxylic acids is 7. The second-order valence-corrected chi connectivity index (χ2v) is 22.6. The molecule has 2 rings (SSSR count). The number of aliphatic carboxylic acids is 3. The van der Waals surface area contributed by atoms with Gasteiger partial charge in [-0.15, -0.1) is 0 Å². The Bertz CT molecular complexity index is 2390. The van der Waals surface area contributed by atoms with Gasteiger partial charge in [-0.25, -0.2) is 19.5 Å². The molecule has 0 saturated carbocycles. The average molecular weight is 1200 g/mol. The van der Waals surface area contributed by atoms with E-state index in [1.165, 1.54) is 31.1 Å². The summed E-state index contributed by atoms with van der Waals surface area (Å²) in [6.45, 7) is 12.7. The Hall–Kier alpha value is -6.65. The highest BCUT2D eigenvalue weighted by atomic mass is 31.2. The molecule has 1 aliphatic heterocycles. The minimum absolute atomic E-state index is 0.00361. The number of likely N-dealkylation sites (tertiary alicyclic amines) is 1. The van der Waals surface area contributed by atoms with Gasteiger partial charge in [-0.1, -0.05) is 85.2 Å². The molecule has 29 heteroatoms. The van der Waals surface area contributed by atoms with Gasteiger partial charge in [0.1, 0.15) is 18.1 Å². The Kier molecular flexibility index (Phi) is 32.1. The van der Waals surface area contributed by atoms with Crippen LogP contribution in [0.15, 0.2) is 54.6 Å². The second kappa shape index (κ2) is 36.8. The summed E-state index contributed by atoms with van der Waals surface area (Å²) in [6.07, 6.45) is 2.30. The highest BCUT2D eigenvalue weighted by Crippen LogP contribution is 2.30. The summed E-state index contributed by atoms with van der Waals surface area (Å²) in [5, 5.41) is 39.7. The van der Waals surface area contributed by atoms with Crippen molar-refractivity contribution in [2.24, 2.45) is 23.7 Å². The van der Waals surface area contributed by atoms with Crippen molar-refractivity contribution in [1.82, 2.24) is 51.7 Å². The lowest BCUT2D eigenvalue weighted by Gasteiger charge is -2.41. The lowest BCUT2D eigenvalue weighted by Crippen LogP contribution is -2.60. The van der Waals surface area contributed by atoms with Gasteiger partial charge in [0.2, 0.25) is 29.5 Å². The van der Waals surface area contributed by atoms with Crippen LogP contribution in [0.3, 0.4) is 0 Å². The number of hydrazine groups is 2. The first-order valence-electron chi connectivity index (χ1n) is 27.3. The van der Waals surface area contributed by atoms with Crippen molar-refractivity contribution in [2.75, 3.05) is 67.8 Å². The Morgan fingerprint density at radius 2 is 1.33 bits per heavy atom. The second-order valence-electron chi connectivity index (χ2n) is 20.6. The van der Waals surface area contributed by atoms with Crippen molar-refractivity contribution in [3.8, 4) is 0 Å². The molecule has 1 aliphatic rings. The number of ether oxygens (including phenoxy) is 4. The minimum Gasteiger partial charge on any atom is -0.480 e. The molecule has 28 nitrogen and oxygen atoms in total. The first-order chi connectivity index (χ1) is 39.1. The van der Waals surface area contributed by atoms with E-state index in [9.17, 15) is 57.6 Å². The van der Waals surface area contributed by atoms with Gasteiger partial charge < -0.3 is 59.6 Å². The zero-order chi connectivity index (χ0) is 62.6. The van der Waals surface area contributed by atoms with E-state index in [1.54, 1.807) is 70.8 Å². The van der Waals surface area contributed by atoms with Crippen LogP contribution in [-0.2, 0) is 77.9 Å². The molecule has 7 amide bonds. The van der Waals surface area contributed by atoms with E-state index in [1.807, 2.05) is 30.8 Å². The van der Waals surface area contributed by atoms with Crippen LogP contribution in [-0.4, -0.2) is 200 Å². The van der Waals surface area contributed by atoms with E-state index >= 15 is 0 Å². The Labute approximate surface area is 485 Å². The van der Waals surface area contributed by atoms with Gasteiger partial charge in [0.15, 0.2) is 0 Å². The lowest BCUT2D eigenvalue weighted by molar-refractivity contribution is -0.149. The smallest absolute Gasteiger partial charge is 0.328 e. The summed E-state index contributed by atoms with van der Waals surface area (Å²) in [5.41, 5.74) is 4.69. The summed E-state index contributed by atoms with van der Waals surface area (Å²) in [5.74, 6) is -10.1. The number of carboxylic acid groups (broad SMARTS) is 3. The molecule has 10 N–H and O–H groups in total. The summed E-state index contributed by atoms with van der Waals surface area (Å²) in [6, 6.07) is 4.54. The zero-order valence-electron chi connectivity index (χ0n) is 49.3. The van der Waals surface area contributed by atoms with Gasteiger partial charge in [0, 0.05) is 72.1 Å². The number of rotatable bonds is 39. The molecule has 0 spiro atoms. The molecular weight excluding hydrogens is 1110 g/mol. The number of methoxy groups -OCH3 is 2. The summed E-state index contributed by atoms with van der Waals surface area (Å²) in [4.78, 5) is 132. The van der Waals surface area contributed by atoms with E-state index in [2.05, 4.69) is 26.1 Å². The molecule has 466 valence electrons. The summed E-state index contributed by atoms with van der Waals surface area (Å²) >= 11 is 0. The number of carbonyl (C=O) groups is 10. The number of likely N-dealkylation sites (N-methyl/N-ethyl adjacent to an activating group) is 2. The van der Waals surface area contributed by atoms with Crippen LogP contribution >= 0.6 is 7.59 Å². The average Bonchev–Trinajstić information content (AvgIpc) is 4.12. The molecule has 0 unspecified atom stereocenters. The van der Waals surface area contributed by atoms with E-state index in [0.29, 0.717) is 50.1 Å². The van der Waals surface area contributed by atoms with Gasteiger partial charge in [-0.2, -0.15) is 10.4 Å². The van der Waals surface area contributed by atoms with Gasteiger partial charge in [0.25, 0.3) is 11.8 Å². The topological polar surface area (TPSA) is 379 Å². The maximum absolute atomic E-state index is 14.7. The molecule has 0 aliphatic carbocycles. The number of nitrogens with zero attached hydrogens (tertiary/aromatic N) is 3. The van der Waals surface area contributed by atoms with E-state index in [4.69, 9.17) is 29.2 Å². The Morgan fingerprint density at radius 1 is 0.747 bits per heavy atom. The van der Waals surface area contributed by atoms with Crippen LogP contribution in [0.4, 0.5) is 0 Å². The van der Waals surface area contributed by atoms with Gasteiger partial charge >= 0.3 is 25.5 Å². The third-order valence-corrected chi connectivity index (χ3v) is 15.5. The quantitative estimate of drug-likeness (QED) is 0.0190. The maximum atomic E-state index is 14.7. The number of carboxylic acids is 3. The van der Waals surface area contributed by atoms with E-state index in [-0.39, 0.29) is 64.1 Å². The molecule has 0 radical (unpaired) electrons. The molecule has 0 aromatic heterocycles. The Balaban J connectivity index is 2.07. The van der Waals surface area contributed by atoms with Gasteiger partial charge in [-0.05, 0) is 36.2 Å². The molecular formula is C54H87N10O18P. The van der Waals surface area contributed by atoms with E-state index < -0.39 is 121 Å². The van der Waals surface area contributed by atoms with Crippen molar-refractivity contribution in [2.45, 2.75) is 129 Å². The fraction of sp³-hybridized carbons (Fsp3) is 0.630. The molecule has 83 heavy (non-hydrogen) atoms. The van der Waals surface area contributed by atoms with Crippen LogP contribution in [0.2, 0.25) is 0 Å². The van der Waals surface area contributed by atoms with Crippen LogP contribution in [0.5, 0.6) is 0 Å².